The quantitative estimate of drug-likeness (QED) is 0.157. The fraction of sp³-hybridized carbons (Fsp3) is 0.852. The molecule has 2 aliphatic rings. The highest BCUT2D eigenvalue weighted by molar-refractivity contribution is 5.72. The van der Waals surface area contributed by atoms with Crippen LogP contribution in [0.25, 0.3) is 0 Å². The maximum absolute atomic E-state index is 12.1. The van der Waals surface area contributed by atoms with Crippen molar-refractivity contribution in [1.29, 1.82) is 0 Å². The van der Waals surface area contributed by atoms with Crippen LogP contribution in [0.1, 0.15) is 85.5 Å². The Kier molecular flexibility index (Phi) is 15.1. The lowest BCUT2D eigenvalue weighted by Gasteiger charge is -2.31. The number of rotatable bonds is 16. The van der Waals surface area contributed by atoms with Crippen LogP contribution in [0.15, 0.2) is 9.98 Å². The Morgan fingerprint density at radius 3 is 1.51 bits per heavy atom. The van der Waals surface area contributed by atoms with Crippen molar-refractivity contribution in [3.8, 4) is 0 Å². The molecule has 2 saturated heterocycles. The first-order valence-electron chi connectivity index (χ1n) is 13.8. The van der Waals surface area contributed by atoms with Gasteiger partial charge in [0.1, 0.15) is 13.2 Å². The van der Waals surface area contributed by atoms with Gasteiger partial charge in [0.2, 0.25) is 12.2 Å². The van der Waals surface area contributed by atoms with E-state index >= 15 is 0 Å². The van der Waals surface area contributed by atoms with Crippen molar-refractivity contribution < 1.29 is 47.6 Å². The number of hydrogen-bond acceptors (Lipinski definition) is 12. The summed E-state index contributed by atoms with van der Waals surface area (Å²) in [7, 11) is 0. The van der Waals surface area contributed by atoms with Gasteiger partial charge in [0, 0.05) is 24.7 Å². The molecule has 0 bridgehead atoms. The zero-order chi connectivity index (χ0) is 28.6. The van der Waals surface area contributed by atoms with Crippen LogP contribution in [-0.2, 0) is 47.6 Å². The Bertz CT molecular complexity index is 786. The second-order valence-corrected chi connectivity index (χ2v) is 10.4. The van der Waals surface area contributed by atoms with E-state index in [9.17, 15) is 19.2 Å². The first-order chi connectivity index (χ1) is 18.7. The molecule has 6 unspecified atom stereocenters. The van der Waals surface area contributed by atoms with Crippen LogP contribution in [0.4, 0.5) is 0 Å². The van der Waals surface area contributed by atoms with E-state index in [1.807, 2.05) is 27.7 Å². The van der Waals surface area contributed by atoms with Crippen LogP contribution in [0, 0.1) is 11.8 Å². The van der Waals surface area contributed by atoms with Crippen molar-refractivity contribution in [3.05, 3.63) is 0 Å². The number of esters is 2. The first kappa shape index (κ1) is 32.8. The highest BCUT2D eigenvalue weighted by atomic mass is 16.7. The molecule has 2 heterocycles. The molecular formula is C27H42N2O10. The topological polar surface area (TPSA) is 148 Å². The molecule has 12 heteroatoms. The van der Waals surface area contributed by atoms with Gasteiger partial charge in [-0.05, 0) is 44.9 Å². The smallest absolute Gasteiger partial charge is 0.305 e. The van der Waals surface area contributed by atoms with E-state index in [0.717, 1.165) is 25.7 Å². The van der Waals surface area contributed by atoms with E-state index in [1.54, 1.807) is 0 Å². The fourth-order valence-electron chi connectivity index (χ4n) is 4.15. The van der Waals surface area contributed by atoms with E-state index in [4.69, 9.17) is 28.4 Å². The van der Waals surface area contributed by atoms with Crippen LogP contribution >= 0.6 is 0 Å². The van der Waals surface area contributed by atoms with Gasteiger partial charge in [-0.3, -0.25) is 9.59 Å². The average Bonchev–Trinajstić information content (AvgIpc) is 2.90. The summed E-state index contributed by atoms with van der Waals surface area (Å²) in [5.41, 5.74) is 0. The van der Waals surface area contributed by atoms with E-state index in [-0.39, 0.29) is 50.1 Å². The average molecular weight is 555 g/mol. The summed E-state index contributed by atoms with van der Waals surface area (Å²) in [5.74, 6) is -0.859. The molecule has 2 fully saturated rings. The molecule has 0 amide bonds. The van der Waals surface area contributed by atoms with Gasteiger partial charge in [-0.25, -0.2) is 9.59 Å². The van der Waals surface area contributed by atoms with Gasteiger partial charge in [-0.2, -0.15) is 9.98 Å². The monoisotopic (exact) mass is 554 g/mol. The third-order valence-electron chi connectivity index (χ3n) is 6.33. The van der Waals surface area contributed by atoms with Crippen LogP contribution in [0.5, 0.6) is 0 Å². The fourth-order valence-corrected chi connectivity index (χ4v) is 4.15. The standard InChI is InChI=1S/C27H42N2O10/c1-18(2)26(28-16-30)38-24-12-5-8-20(36-24)14-34-22(32)10-7-11-23(33)35-15-21-9-6-13-25(37-21)39-27(19(3)4)29-17-31/h18-21,24-27H,5-15H2,1-4H3. The third kappa shape index (κ3) is 13.0. The zero-order valence-electron chi connectivity index (χ0n) is 23.4. The number of carbonyl (C=O) groups excluding carboxylic acids is 4. The number of ether oxygens (including phenoxy) is 6. The molecule has 0 aliphatic carbocycles. The number of hydrogen-bond donors (Lipinski definition) is 0. The minimum atomic E-state index is -0.631. The lowest BCUT2D eigenvalue weighted by molar-refractivity contribution is -0.228. The second kappa shape index (κ2) is 18.0. The first-order valence-corrected chi connectivity index (χ1v) is 13.8. The Labute approximate surface area is 229 Å². The summed E-state index contributed by atoms with van der Waals surface area (Å²) >= 11 is 0. The molecule has 39 heavy (non-hydrogen) atoms. The highest BCUT2D eigenvalue weighted by Crippen LogP contribution is 2.25. The molecule has 2 rings (SSSR count). The summed E-state index contributed by atoms with van der Waals surface area (Å²) in [6.07, 6.45) is 4.99. The van der Waals surface area contributed by atoms with Crippen molar-refractivity contribution in [1.82, 2.24) is 0 Å². The summed E-state index contributed by atoms with van der Waals surface area (Å²) in [5, 5.41) is 0. The molecule has 0 radical (unpaired) electrons. The predicted molar refractivity (Wildman–Crippen MR) is 136 cm³/mol. The van der Waals surface area contributed by atoms with E-state index in [1.165, 1.54) is 12.2 Å². The Balaban J connectivity index is 1.61. The number of aliphatic imine (C=N–C) groups is 2. The minimum absolute atomic E-state index is 0.00650. The minimum Gasteiger partial charge on any atom is -0.463 e. The Hall–Kier alpha value is -2.46. The van der Waals surface area contributed by atoms with E-state index in [0.29, 0.717) is 19.3 Å². The largest absolute Gasteiger partial charge is 0.463 e. The van der Waals surface area contributed by atoms with Crippen LogP contribution in [-0.4, -0.2) is 74.6 Å². The number of nitrogens with zero attached hydrogens (tertiary/aromatic N) is 2. The summed E-state index contributed by atoms with van der Waals surface area (Å²) in [6, 6.07) is 0. The van der Waals surface area contributed by atoms with Crippen LogP contribution in [0.2, 0.25) is 0 Å². The van der Waals surface area contributed by atoms with Crippen molar-refractivity contribution in [2.24, 2.45) is 21.8 Å². The molecule has 6 atom stereocenters. The van der Waals surface area contributed by atoms with Crippen molar-refractivity contribution in [3.63, 3.8) is 0 Å². The van der Waals surface area contributed by atoms with E-state index < -0.39 is 37.0 Å². The molecule has 0 aromatic heterocycles. The summed E-state index contributed by atoms with van der Waals surface area (Å²) in [4.78, 5) is 52.8. The maximum atomic E-state index is 12.1. The lowest BCUT2D eigenvalue weighted by atomic mass is 10.1. The van der Waals surface area contributed by atoms with Gasteiger partial charge in [0.25, 0.3) is 0 Å². The molecule has 0 aromatic carbocycles. The lowest BCUT2D eigenvalue weighted by Crippen LogP contribution is -2.36. The Morgan fingerprint density at radius 2 is 1.15 bits per heavy atom. The number of isocyanates is 2. The zero-order valence-corrected chi connectivity index (χ0v) is 23.4. The van der Waals surface area contributed by atoms with Gasteiger partial charge in [0.15, 0.2) is 25.0 Å². The highest BCUT2D eigenvalue weighted by Gasteiger charge is 2.29. The molecule has 0 spiro atoms. The van der Waals surface area contributed by atoms with Crippen LogP contribution in [0.3, 0.4) is 0 Å². The molecule has 0 aromatic rings. The van der Waals surface area contributed by atoms with Crippen LogP contribution < -0.4 is 0 Å². The third-order valence-corrected chi connectivity index (χ3v) is 6.33. The van der Waals surface area contributed by atoms with Gasteiger partial charge in [0.05, 0.1) is 12.2 Å². The van der Waals surface area contributed by atoms with E-state index in [2.05, 4.69) is 9.98 Å². The summed E-state index contributed by atoms with van der Waals surface area (Å²) < 4.78 is 33.8. The van der Waals surface area contributed by atoms with Gasteiger partial charge in [-0.15, -0.1) is 0 Å². The molecule has 220 valence electrons. The normalized spacial score (nSPS) is 24.8. The second-order valence-electron chi connectivity index (χ2n) is 10.4. The Morgan fingerprint density at radius 1 is 0.744 bits per heavy atom. The number of carbonyl (C=O) groups is 2. The van der Waals surface area contributed by atoms with Crippen molar-refractivity contribution in [2.75, 3.05) is 13.2 Å². The van der Waals surface area contributed by atoms with Gasteiger partial charge < -0.3 is 28.4 Å². The molecule has 12 nitrogen and oxygen atoms in total. The molecule has 0 N–H and O–H groups in total. The van der Waals surface area contributed by atoms with Gasteiger partial charge >= 0.3 is 11.9 Å². The van der Waals surface area contributed by atoms with Crippen molar-refractivity contribution in [2.45, 2.75) is 123 Å². The van der Waals surface area contributed by atoms with Crippen molar-refractivity contribution >= 4 is 24.1 Å². The molecule has 0 saturated carbocycles. The predicted octanol–water partition coefficient (Wildman–Crippen LogP) is 3.70. The summed E-state index contributed by atoms with van der Waals surface area (Å²) in [6.45, 7) is 7.71. The molecule has 2 aliphatic heterocycles. The van der Waals surface area contributed by atoms with Gasteiger partial charge in [-0.1, -0.05) is 27.7 Å². The molecular weight excluding hydrogens is 512 g/mol. The SMILES string of the molecule is CC(C)C(N=C=O)OC1CCCC(COC(=O)CCCC(=O)OCC2CCCC(OC(N=C=O)C(C)C)O2)O1. The maximum Gasteiger partial charge on any atom is 0.305 e.